The van der Waals surface area contributed by atoms with Gasteiger partial charge in [-0.3, -0.25) is 10.3 Å². The maximum absolute atomic E-state index is 9.88. The highest BCUT2D eigenvalue weighted by molar-refractivity contribution is 5.25. The van der Waals surface area contributed by atoms with Gasteiger partial charge in [0, 0.05) is 12.7 Å². The van der Waals surface area contributed by atoms with E-state index in [1.54, 1.807) is 36.7 Å². The smallest absolute Gasteiger partial charge is 0.137 e. The molecule has 6 nitrogen and oxygen atoms in total. The van der Waals surface area contributed by atoms with Gasteiger partial charge in [-0.15, -0.1) is 0 Å². The Morgan fingerprint density at radius 1 is 1.13 bits per heavy atom. The molecule has 0 spiro atoms. The summed E-state index contributed by atoms with van der Waals surface area (Å²) in [6.07, 6.45) is 2.98. The van der Waals surface area contributed by atoms with Crippen LogP contribution in [0.4, 0.5) is 0 Å². The highest BCUT2D eigenvalue weighted by atomic mass is 16.5. The first-order chi connectivity index (χ1) is 11.1. The molecule has 2 aromatic rings. The first-order valence-electron chi connectivity index (χ1n) is 7.54. The van der Waals surface area contributed by atoms with Gasteiger partial charge in [0.25, 0.3) is 0 Å². The average molecular weight is 318 g/mol. The van der Waals surface area contributed by atoms with Crippen molar-refractivity contribution < 1.29 is 20.1 Å². The number of benzene rings is 1. The van der Waals surface area contributed by atoms with Crippen LogP contribution in [0.2, 0.25) is 0 Å². The molecule has 6 heteroatoms. The van der Waals surface area contributed by atoms with Crippen molar-refractivity contribution in [3.8, 4) is 11.5 Å². The van der Waals surface area contributed by atoms with Crippen LogP contribution in [0.25, 0.3) is 0 Å². The van der Waals surface area contributed by atoms with Gasteiger partial charge in [-0.05, 0) is 42.7 Å². The number of ether oxygens (including phenoxy) is 1. The summed E-state index contributed by atoms with van der Waals surface area (Å²) in [5, 5.41) is 31.8. The van der Waals surface area contributed by atoms with E-state index in [4.69, 9.17) is 4.74 Å². The van der Waals surface area contributed by atoms with Crippen molar-refractivity contribution in [2.24, 2.45) is 0 Å². The quantitative estimate of drug-likeness (QED) is 0.517. The predicted molar refractivity (Wildman–Crippen MR) is 86.2 cm³/mol. The molecule has 2 atom stereocenters. The van der Waals surface area contributed by atoms with Crippen molar-refractivity contribution in [3.05, 3.63) is 54.4 Å². The fourth-order valence-electron chi connectivity index (χ4n) is 2.02. The number of rotatable bonds is 9. The second-order valence-corrected chi connectivity index (χ2v) is 5.28. The maximum atomic E-state index is 9.88. The fourth-order valence-corrected chi connectivity index (χ4v) is 2.02. The number of aliphatic hydroxyl groups is 2. The first kappa shape index (κ1) is 17.2. The van der Waals surface area contributed by atoms with E-state index in [1.807, 2.05) is 12.1 Å². The largest absolute Gasteiger partial charge is 0.508 e. The lowest BCUT2D eigenvalue weighted by molar-refractivity contribution is 0.0711. The molecule has 0 aliphatic carbocycles. The number of phenols is 1. The summed E-state index contributed by atoms with van der Waals surface area (Å²) in [7, 11) is 0. The molecule has 0 amide bonds. The minimum Gasteiger partial charge on any atom is -0.508 e. The molecule has 4 N–H and O–H groups in total. The summed E-state index contributed by atoms with van der Waals surface area (Å²) < 4.78 is 5.38. The number of pyridine rings is 1. The van der Waals surface area contributed by atoms with Gasteiger partial charge in [-0.1, -0.05) is 12.1 Å². The van der Waals surface area contributed by atoms with Gasteiger partial charge < -0.3 is 20.1 Å². The number of phenolic OH excluding ortho intramolecular Hbond substituents is 1. The van der Waals surface area contributed by atoms with Crippen molar-refractivity contribution >= 4 is 0 Å². The summed E-state index contributed by atoms with van der Waals surface area (Å²) >= 11 is 0. The molecule has 0 fully saturated rings. The van der Waals surface area contributed by atoms with E-state index >= 15 is 0 Å². The van der Waals surface area contributed by atoms with Crippen LogP contribution in [0.1, 0.15) is 12.0 Å². The van der Waals surface area contributed by atoms with Gasteiger partial charge in [0.15, 0.2) is 0 Å². The molecular formula is C17H22N2O4. The number of nitrogens with zero attached hydrogens (tertiary/aromatic N) is 1. The fraction of sp³-hybridized carbons (Fsp3) is 0.353. The van der Waals surface area contributed by atoms with Crippen molar-refractivity contribution in [1.82, 2.24) is 10.3 Å². The van der Waals surface area contributed by atoms with Crippen LogP contribution < -0.4 is 10.1 Å². The van der Waals surface area contributed by atoms with Crippen LogP contribution in [-0.4, -0.2) is 45.8 Å². The van der Waals surface area contributed by atoms with Crippen LogP contribution in [0.15, 0.2) is 48.8 Å². The van der Waals surface area contributed by atoms with Gasteiger partial charge in [0.1, 0.15) is 30.4 Å². The summed E-state index contributed by atoms with van der Waals surface area (Å²) in [5.41, 5.74) is 1.03. The molecule has 0 saturated carbocycles. The molecule has 124 valence electrons. The van der Waals surface area contributed by atoms with Crippen molar-refractivity contribution in [2.45, 2.75) is 25.2 Å². The highest BCUT2D eigenvalue weighted by Crippen LogP contribution is 2.11. The Labute approximate surface area is 135 Å². The summed E-state index contributed by atoms with van der Waals surface area (Å²) in [4.78, 5) is 3.92. The van der Waals surface area contributed by atoms with E-state index in [1.165, 1.54) is 0 Å². The molecule has 0 aliphatic heterocycles. The third-order valence-electron chi connectivity index (χ3n) is 3.31. The lowest BCUT2D eigenvalue weighted by Gasteiger charge is -2.17. The zero-order chi connectivity index (χ0) is 16.5. The van der Waals surface area contributed by atoms with E-state index in [-0.39, 0.29) is 18.9 Å². The number of aromatic hydroxyl groups is 1. The molecule has 1 heterocycles. The Morgan fingerprint density at radius 3 is 2.61 bits per heavy atom. The molecule has 0 bridgehead atoms. The maximum Gasteiger partial charge on any atom is 0.137 e. The summed E-state index contributed by atoms with van der Waals surface area (Å²) in [6, 6.07) is 10.4. The average Bonchev–Trinajstić information content (AvgIpc) is 2.58. The molecule has 1 aromatic carbocycles. The lowest BCUT2D eigenvalue weighted by atomic mass is 10.1. The lowest BCUT2D eigenvalue weighted by Crippen LogP contribution is -2.38. The molecule has 0 aliphatic rings. The normalized spacial score (nSPS) is 13.5. The Morgan fingerprint density at radius 2 is 1.91 bits per heavy atom. The SMILES string of the molecule is Oc1ccc(CC[C@H](O)NCC(O)COc2cccnc2)cc1. The second-order valence-electron chi connectivity index (χ2n) is 5.28. The van der Waals surface area contributed by atoms with Crippen molar-refractivity contribution in [2.75, 3.05) is 13.2 Å². The number of hydrogen-bond acceptors (Lipinski definition) is 6. The summed E-state index contributed by atoms with van der Waals surface area (Å²) in [5.74, 6) is 0.823. The zero-order valence-electron chi connectivity index (χ0n) is 12.8. The molecule has 1 aromatic heterocycles. The minimum atomic E-state index is -0.724. The first-order valence-corrected chi connectivity index (χ1v) is 7.54. The minimum absolute atomic E-state index is 0.128. The number of aryl methyl sites for hydroxylation is 1. The summed E-state index contributed by atoms with van der Waals surface area (Å²) in [6.45, 7) is 0.361. The third-order valence-corrected chi connectivity index (χ3v) is 3.31. The number of hydrogen-bond donors (Lipinski definition) is 4. The molecule has 1 unspecified atom stereocenters. The van der Waals surface area contributed by atoms with Crippen LogP contribution in [-0.2, 0) is 6.42 Å². The van der Waals surface area contributed by atoms with Crippen molar-refractivity contribution in [3.63, 3.8) is 0 Å². The Kier molecular flexibility index (Phi) is 6.80. The second kappa shape index (κ2) is 9.09. The standard InChI is InChI=1S/C17H22N2O4/c20-14-6-3-13(4-7-14)5-8-17(22)19-10-15(21)12-23-16-2-1-9-18-11-16/h1-4,6-7,9,11,15,17,19-22H,5,8,10,12H2/t15?,17-/m0/s1. The predicted octanol–water partition coefficient (Wildman–Crippen LogP) is 1.07. The van der Waals surface area contributed by atoms with Crippen LogP contribution in [0.5, 0.6) is 11.5 Å². The number of aromatic nitrogens is 1. The van der Waals surface area contributed by atoms with E-state index in [0.717, 1.165) is 5.56 Å². The number of nitrogens with one attached hydrogen (secondary N) is 1. The van der Waals surface area contributed by atoms with Gasteiger partial charge in [0.05, 0.1) is 6.20 Å². The topological polar surface area (TPSA) is 94.8 Å². The molecule has 23 heavy (non-hydrogen) atoms. The monoisotopic (exact) mass is 318 g/mol. The molecular weight excluding hydrogens is 296 g/mol. The molecule has 0 radical (unpaired) electrons. The van der Waals surface area contributed by atoms with Gasteiger partial charge in [-0.2, -0.15) is 0 Å². The van der Waals surface area contributed by atoms with Gasteiger partial charge >= 0.3 is 0 Å². The molecule has 0 saturated heterocycles. The Bertz CT molecular complexity index is 563. The highest BCUT2D eigenvalue weighted by Gasteiger charge is 2.09. The van der Waals surface area contributed by atoms with Gasteiger partial charge in [0.2, 0.25) is 0 Å². The van der Waals surface area contributed by atoms with Crippen LogP contribution >= 0.6 is 0 Å². The van der Waals surface area contributed by atoms with E-state index in [0.29, 0.717) is 18.6 Å². The van der Waals surface area contributed by atoms with Gasteiger partial charge in [-0.25, -0.2) is 0 Å². The number of aliphatic hydroxyl groups excluding tert-OH is 2. The van der Waals surface area contributed by atoms with Crippen molar-refractivity contribution in [1.29, 1.82) is 0 Å². The van der Waals surface area contributed by atoms with Crippen LogP contribution in [0.3, 0.4) is 0 Å². The zero-order valence-corrected chi connectivity index (χ0v) is 12.8. The van der Waals surface area contributed by atoms with E-state index in [2.05, 4.69) is 10.3 Å². The third kappa shape index (κ3) is 6.65. The Balaban J connectivity index is 1.61. The van der Waals surface area contributed by atoms with Crippen LogP contribution in [0, 0.1) is 0 Å². The van der Waals surface area contributed by atoms with E-state index < -0.39 is 12.3 Å². The van der Waals surface area contributed by atoms with E-state index in [9.17, 15) is 15.3 Å². The Hall–Kier alpha value is -2.15. The molecule has 2 rings (SSSR count).